The van der Waals surface area contributed by atoms with Crippen LogP contribution in [-0.2, 0) is 11.2 Å². The van der Waals surface area contributed by atoms with Crippen molar-refractivity contribution in [1.82, 2.24) is 15.1 Å². The van der Waals surface area contributed by atoms with Crippen LogP contribution in [-0.4, -0.2) is 34.1 Å². The lowest BCUT2D eigenvalue weighted by molar-refractivity contribution is -0.132. The highest BCUT2D eigenvalue weighted by atomic mass is 32.1. The molecule has 3 aromatic rings. The number of hydrogen-bond acceptors (Lipinski definition) is 3. The lowest BCUT2D eigenvalue weighted by atomic mass is 9.89. The van der Waals surface area contributed by atoms with E-state index in [0.29, 0.717) is 12.3 Å². The number of likely N-dealkylation sites (tertiary alicyclic amines) is 1. The molecule has 3 heterocycles. The molecule has 2 aromatic heterocycles. The van der Waals surface area contributed by atoms with Gasteiger partial charge in [-0.3, -0.25) is 9.89 Å². The number of nitrogens with one attached hydrogen (secondary N) is 1. The second-order valence-electron chi connectivity index (χ2n) is 7.27. The Morgan fingerprint density at radius 3 is 2.96 bits per heavy atom. The van der Waals surface area contributed by atoms with Crippen molar-refractivity contribution in [3.05, 3.63) is 64.1 Å². The summed E-state index contributed by atoms with van der Waals surface area (Å²) in [5.74, 6) is 0.589. The van der Waals surface area contributed by atoms with Gasteiger partial charge in [-0.25, -0.2) is 0 Å². The van der Waals surface area contributed by atoms with Crippen molar-refractivity contribution in [2.24, 2.45) is 0 Å². The molecule has 5 heteroatoms. The molecule has 27 heavy (non-hydrogen) atoms. The van der Waals surface area contributed by atoms with Crippen LogP contribution in [0.4, 0.5) is 0 Å². The second kappa shape index (κ2) is 8.09. The predicted octanol–water partition coefficient (Wildman–Crippen LogP) is 4.79. The summed E-state index contributed by atoms with van der Waals surface area (Å²) in [5, 5.41) is 9.63. The summed E-state index contributed by atoms with van der Waals surface area (Å²) in [7, 11) is 0. The van der Waals surface area contributed by atoms with Gasteiger partial charge in [-0.1, -0.05) is 30.3 Å². The van der Waals surface area contributed by atoms with Crippen molar-refractivity contribution in [3.8, 4) is 11.1 Å². The molecular formula is C22H25N3OS. The molecule has 0 spiro atoms. The first-order valence-electron chi connectivity index (χ1n) is 9.62. The Balaban J connectivity index is 1.47. The monoisotopic (exact) mass is 379 g/mol. The number of hydrogen-bond donors (Lipinski definition) is 1. The molecule has 1 aromatic carbocycles. The number of thiophene rings is 1. The van der Waals surface area contributed by atoms with E-state index in [2.05, 4.69) is 52.8 Å². The fourth-order valence-electron chi connectivity index (χ4n) is 3.98. The molecule has 1 atom stereocenters. The lowest BCUT2D eigenvalue weighted by Crippen LogP contribution is -2.39. The minimum Gasteiger partial charge on any atom is -0.342 e. The fraction of sp³-hybridized carbons (Fsp3) is 0.364. The zero-order valence-corrected chi connectivity index (χ0v) is 16.5. The van der Waals surface area contributed by atoms with E-state index in [0.717, 1.165) is 32.4 Å². The molecule has 1 fully saturated rings. The summed E-state index contributed by atoms with van der Waals surface area (Å²) < 4.78 is 0. The number of piperidine rings is 1. The van der Waals surface area contributed by atoms with E-state index in [-0.39, 0.29) is 5.91 Å². The van der Waals surface area contributed by atoms with Crippen molar-refractivity contribution >= 4 is 17.2 Å². The van der Waals surface area contributed by atoms with Gasteiger partial charge in [-0.15, -0.1) is 11.3 Å². The number of aromatic amines is 1. The molecular weight excluding hydrogens is 354 g/mol. The molecule has 1 N–H and O–H groups in total. The standard InChI is InChI=1S/C22H25N3OS/c1-16-6-2-3-9-19(16)20-14-23-24-22(20)17-7-4-12-25(15-17)21(26)11-10-18-8-5-13-27-18/h2-3,5-6,8-9,13-14,17H,4,7,10-12,15H2,1H3,(H,23,24)/t17-/m1/s1. The predicted molar refractivity (Wildman–Crippen MR) is 110 cm³/mol. The summed E-state index contributed by atoms with van der Waals surface area (Å²) in [6, 6.07) is 12.6. The SMILES string of the molecule is Cc1ccccc1-c1cn[nH]c1[C@@H]1CCCN(C(=O)CCc2cccs2)C1. The van der Waals surface area contributed by atoms with Crippen LogP contribution < -0.4 is 0 Å². The molecule has 0 radical (unpaired) electrons. The molecule has 0 unspecified atom stereocenters. The lowest BCUT2D eigenvalue weighted by Gasteiger charge is -2.33. The van der Waals surface area contributed by atoms with Crippen molar-refractivity contribution in [2.45, 2.75) is 38.5 Å². The highest BCUT2D eigenvalue weighted by Gasteiger charge is 2.27. The summed E-state index contributed by atoms with van der Waals surface area (Å²) >= 11 is 1.73. The number of nitrogens with zero attached hydrogens (tertiary/aromatic N) is 2. The summed E-state index contributed by atoms with van der Waals surface area (Å²) in [5.41, 5.74) is 4.81. The van der Waals surface area contributed by atoms with E-state index in [4.69, 9.17) is 0 Å². The Morgan fingerprint density at radius 2 is 2.15 bits per heavy atom. The first-order chi connectivity index (χ1) is 13.2. The number of carbonyl (C=O) groups excluding carboxylic acids is 1. The number of benzene rings is 1. The average Bonchev–Trinajstić information content (AvgIpc) is 3.38. The third kappa shape index (κ3) is 3.98. The summed E-state index contributed by atoms with van der Waals surface area (Å²) in [4.78, 5) is 16.1. The van der Waals surface area contributed by atoms with E-state index in [1.54, 1.807) is 11.3 Å². The highest BCUT2D eigenvalue weighted by molar-refractivity contribution is 7.09. The van der Waals surface area contributed by atoms with E-state index in [1.165, 1.54) is 27.3 Å². The zero-order chi connectivity index (χ0) is 18.6. The minimum absolute atomic E-state index is 0.269. The van der Waals surface area contributed by atoms with Gasteiger partial charge < -0.3 is 4.90 Å². The van der Waals surface area contributed by atoms with Gasteiger partial charge >= 0.3 is 0 Å². The van der Waals surface area contributed by atoms with Gasteiger partial charge in [-0.05, 0) is 48.8 Å². The number of amides is 1. The van der Waals surface area contributed by atoms with Crippen LogP contribution in [0.2, 0.25) is 0 Å². The van der Waals surface area contributed by atoms with E-state index >= 15 is 0 Å². The number of rotatable bonds is 5. The van der Waals surface area contributed by atoms with Crippen LogP contribution >= 0.6 is 11.3 Å². The largest absolute Gasteiger partial charge is 0.342 e. The van der Waals surface area contributed by atoms with E-state index in [9.17, 15) is 4.79 Å². The summed E-state index contributed by atoms with van der Waals surface area (Å²) in [6.07, 6.45) is 5.50. The Kier molecular flexibility index (Phi) is 5.39. The Morgan fingerprint density at radius 1 is 1.26 bits per heavy atom. The molecule has 1 aliphatic heterocycles. The van der Waals surface area contributed by atoms with Crippen LogP contribution in [0.1, 0.15) is 41.3 Å². The van der Waals surface area contributed by atoms with Gasteiger partial charge in [0.1, 0.15) is 0 Å². The minimum atomic E-state index is 0.269. The van der Waals surface area contributed by atoms with Crippen LogP contribution in [0.5, 0.6) is 0 Å². The van der Waals surface area contributed by atoms with Crippen LogP contribution in [0.15, 0.2) is 48.0 Å². The van der Waals surface area contributed by atoms with Crippen molar-refractivity contribution < 1.29 is 4.79 Å². The fourth-order valence-corrected chi connectivity index (χ4v) is 4.69. The maximum atomic E-state index is 12.7. The van der Waals surface area contributed by atoms with E-state index < -0.39 is 0 Å². The van der Waals surface area contributed by atoms with E-state index in [1.807, 2.05) is 17.2 Å². The molecule has 1 aliphatic rings. The van der Waals surface area contributed by atoms with Gasteiger partial charge in [0.05, 0.1) is 6.20 Å². The maximum absolute atomic E-state index is 12.7. The molecule has 140 valence electrons. The molecule has 1 saturated heterocycles. The quantitative estimate of drug-likeness (QED) is 0.693. The summed E-state index contributed by atoms with van der Waals surface area (Å²) in [6.45, 7) is 3.78. The van der Waals surface area contributed by atoms with Gasteiger partial charge in [0, 0.05) is 41.6 Å². The number of aromatic nitrogens is 2. The maximum Gasteiger partial charge on any atom is 0.222 e. The van der Waals surface area contributed by atoms with Crippen LogP contribution in [0.25, 0.3) is 11.1 Å². The highest BCUT2D eigenvalue weighted by Crippen LogP contribution is 2.34. The van der Waals surface area contributed by atoms with Gasteiger partial charge in [0.2, 0.25) is 5.91 Å². The molecule has 0 bridgehead atoms. The first-order valence-corrected chi connectivity index (χ1v) is 10.5. The number of carbonyl (C=O) groups is 1. The van der Waals surface area contributed by atoms with Gasteiger partial charge in [0.15, 0.2) is 0 Å². The van der Waals surface area contributed by atoms with Crippen LogP contribution in [0, 0.1) is 6.92 Å². The normalized spacial score (nSPS) is 17.2. The molecule has 4 nitrogen and oxygen atoms in total. The zero-order valence-electron chi connectivity index (χ0n) is 15.6. The Hall–Kier alpha value is -2.40. The Labute approximate surface area is 164 Å². The average molecular weight is 380 g/mol. The molecule has 0 aliphatic carbocycles. The second-order valence-corrected chi connectivity index (χ2v) is 8.30. The number of aryl methyl sites for hydroxylation is 2. The van der Waals surface area contributed by atoms with Gasteiger partial charge in [-0.2, -0.15) is 5.10 Å². The van der Waals surface area contributed by atoms with Crippen molar-refractivity contribution in [2.75, 3.05) is 13.1 Å². The molecule has 1 amide bonds. The first kappa shape index (κ1) is 18.0. The Bertz CT molecular complexity index is 900. The third-order valence-electron chi connectivity index (χ3n) is 5.45. The molecule has 0 saturated carbocycles. The number of H-pyrrole nitrogens is 1. The third-order valence-corrected chi connectivity index (χ3v) is 6.39. The topological polar surface area (TPSA) is 49.0 Å². The molecule has 4 rings (SSSR count). The van der Waals surface area contributed by atoms with Crippen LogP contribution in [0.3, 0.4) is 0 Å². The van der Waals surface area contributed by atoms with Crippen molar-refractivity contribution in [3.63, 3.8) is 0 Å². The smallest absolute Gasteiger partial charge is 0.222 e. The van der Waals surface area contributed by atoms with Crippen molar-refractivity contribution in [1.29, 1.82) is 0 Å². The van der Waals surface area contributed by atoms with Gasteiger partial charge in [0.25, 0.3) is 0 Å².